The molecule has 1 aliphatic rings. The second-order valence-electron chi connectivity index (χ2n) is 4.02. The van der Waals surface area contributed by atoms with Gasteiger partial charge >= 0.3 is 0 Å². The fourth-order valence-electron chi connectivity index (χ4n) is 1.88. The van der Waals surface area contributed by atoms with Crippen LogP contribution in [0.5, 0.6) is 0 Å². The summed E-state index contributed by atoms with van der Waals surface area (Å²) in [6, 6.07) is 3.96. The Morgan fingerprint density at radius 2 is 1.95 bits per heavy atom. The Labute approximate surface area is 118 Å². The van der Waals surface area contributed by atoms with Crippen LogP contribution in [0.2, 0.25) is 0 Å². The summed E-state index contributed by atoms with van der Waals surface area (Å²) >= 11 is 3.10. The number of hydrogen-bond donors (Lipinski definition) is 1. The van der Waals surface area contributed by atoms with Crippen molar-refractivity contribution in [3.05, 3.63) is 32.8 Å². The second-order valence-corrected chi connectivity index (χ2v) is 6.85. The minimum Gasteiger partial charge on any atom is -0.314 e. The van der Waals surface area contributed by atoms with Crippen LogP contribution in [0.3, 0.4) is 0 Å². The molecule has 0 bridgehead atoms. The SMILES string of the molecule is O=[N+]([O-])c1cc(Br)ccc1S(=O)(=O)N1CCNCC1. The van der Waals surface area contributed by atoms with Crippen molar-refractivity contribution < 1.29 is 13.3 Å². The lowest BCUT2D eigenvalue weighted by molar-refractivity contribution is -0.387. The van der Waals surface area contributed by atoms with Crippen molar-refractivity contribution in [3.63, 3.8) is 0 Å². The highest BCUT2D eigenvalue weighted by Gasteiger charge is 2.32. The normalized spacial score (nSPS) is 17.3. The third-order valence-corrected chi connectivity index (χ3v) is 5.25. The number of hydrogen-bond acceptors (Lipinski definition) is 5. The summed E-state index contributed by atoms with van der Waals surface area (Å²) in [5.74, 6) is 0. The predicted molar refractivity (Wildman–Crippen MR) is 72.4 cm³/mol. The van der Waals surface area contributed by atoms with Crippen molar-refractivity contribution in [1.82, 2.24) is 9.62 Å². The number of rotatable bonds is 3. The van der Waals surface area contributed by atoms with E-state index in [1.165, 1.54) is 22.5 Å². The summed E-state index contributed by atoms with van der Waals surface area (Å²) in [5.41, 5.74) is -0.409. The Morgan fingerprint density at radius 3 is 2.53 bits per heavy atom. The second kappa shape index (κ2) is 5.53. The molecule has 0 saturated carbocycles. The molecule has 1 aromatic carbocycles. The molecule has 9 heteroatoms. The van der Waals surface area contributed by atoms with Gasteiger partial charge in [0.2, 0.25) is 10.0 Å². The fourth-order valence-corrected chi connectivity index (χ4v) is 3.80. The van der Waals surface area contributed by atoms with Gasteiger partial charge in [0.1, 0.15) is 0 Å². The zero-order valence-corrected chi connectivity index (χ0v) is 12.3. The topological polar surface area (TPSA) is 92.5 Å². The molecule has 1 aromatic rings. The van der Waals surface area contributed by atoms with Gasteiger partial charge in [0.25, 0.3) is 5.69 Å². The van der Waals surface area contributed by atoms with Gasteiger partial charge < -0.3 is 5.32 Å². The molecule has 7 nitrogen and oxygen atoms in total. The lowest BCUT2D eigenvalue weighted by atomic mass is 10.3. The van der Waals surface area contributed by atoms with E-state index < -0.39 is 20.6 Å². The predicted octanol–water partition coefficient (Wildman–Crippen LogP) is 0.951. The van der Waals surface area contributed by atoms with E-state index in [1.54, 1.807) is 0 Å². The maximum Gasteiger partial charge on any atom is 0.290 e. The molecule has 1 N–H and O–H groups in total. The summed E-state index contributed by atoms with van der Waals surface area (Å²) in [6.07, 6.45) is 0. The lowest BCUT2D eigenvalue weighted by Crippen LogP contribution is -2.46. The average Bonchev–Trinajstić information content (AvgIpc) is 2.39. The van der Waals surface area contributed by atoms with E-state index in [-0.39, 0.29) is 4.90 Å². The number of sulfonamides is 1. The number of benzene rings is 1. The van der Waals surface area contributed by atoms with Crippen LogP contribution in [0.1, 0.15) is 0 Å². The molecule has 0 radical (unpaired) electrons. The molecule has 0 atom stereocenters. The number of nitro groups is 1. The van der Waals surface area contributed by atoms with Gasteiger partial charge in [-0.05, 0) is 12.1 Å². The monoisotopic (exact) mass is 349 g/mol. The first kappa shape index (κ1) is 14.4. The first-order valence-electron chi connectivity index (χ1n) is 5.58. The molecular formula is C10H12BrN3O4S. The van der Waals surface area contributed by atoms with Crippen LogP contribution in [0.25, 0.3) is 0 Å². The standard InChI is InChI=1S/C10H12BrN3O4S/c11-8-1-2-10(9(7-8)14(15)16)19(17,18)13-5-3-12-4-6-13/h1-2,7,12H,3-6H2. The highest BCUT2D eigenvalue weighted by molar-refractivity contribution is 9.10. The highest BCUT2D eigenvalue weighted by Crippen LogP contribution is 2.29. The van der Waals surface area contributed by atoms with Crippen molar-refractivity contribution in [1.29, 1.82) is 0 Å². The third-order valence-electron chi connectivity index (χ3n) is 2.81. The highest BCUT2D eigenvalue weighted by atomic mass is 79.9. The summed E-state index contributed by atoms with van der Waals surface area (Å²) in [6.45, 7) is 1.72. The number of nitrogens with one attached hydrogen (secondary N) is 1. The smallest absolute Gasteiger partial charge is 0.290 e. The number of piperazine rings is 1. The Balaban J connectivity index is 2.48. The third kappa shape index (κ3) is 2.94. The van der Waals surface area contributed by atoms with Crippen LogP contribution in [0.15, 0.2) is 27.6 Å². The van der Waals surface area contributed by atoms with Gasteiger partial charge in [-0.2, -0.15) is 4.31 Å². The molecule has 19 heavy (non-hydrogen) atoms. The minimum absolute atomic E-state index is 0.261. The van der Waals surface area contributed by atoms with E-state index in [0.717, 1.165) is 0 Å². The molecule has 104 valence electrons. The molecular weight excluding hydrogens is 338 g/mol. The van der Waals surface area contributed by atoms with Crippen molar-refractivity contribution >= 4 is 31.6 Å². The van der Waals surface area contributed by atoms with Crippen LogP contribution in [-0.2, 0) is 10.0 Å². The zero-order chi connectivity index (χ0) is 14.0. The summed E-state index contributed by atoms with van der Waals surface area (Å²) in [7, 11) is -3.82. The molecule has 2 rings (SSSR count). The van der Waals surface area contributed by atoms with Crippen LogP contribution in [0, 0.1) is 10.1 Å². The lowest BCUT2D eigenvalue weighted by Gasteiger charge is -2.26. The van der Waals surface area contributed by atoms with E-state index in [2.05, 4.69) is 21.2 Å². The first-order valence-corrected chi connectivity index (χ1v) is 7.81. The molecule has 0 amide bonds. The maximum atomic E-state index is 12.4. The van der Waals surface area contributed by atoms with E-state index in [0.29, 0.717) is 30.7 Å². The molecule has 1 saturated heterocycles. The van der Waals surface area contributed by atoms with Gasteiger partial charge in [0, 0.05) is 36.7 Å². The van der Waals surface area contributed by atoms with Gasteiger partial charge in [-0.15, -0.1) is 0 Å². The molecule has 1 aliphatic heterocycles. The Hall–Kier alpha value is -1.03. The molecule has 0 spiro atoms. The van der Waals surface area contributed by atoms with Gasteiger partial charge in [-0.3, -0.25) is 10.1 Å². The fraction of sp³-hybridized carbons (Fsp3) is 0.400. The van der Waals surface area contributed by atoms with Crippen molar-refractivity contribution in [3.8, 4) is 0 Å². The number of nitro benzene ring substituents is 1. The largest absolute Gasteiger partial charge is 0.314 e. The Kier molecular flexibility index (Phi) is 4.19. The molecule has 1 fully saturated rings. The van der Waals surface area contributed by atoms with Gasteiger partial charge in [-0.1, -0.05) is 15.9 Å². The van der Waals surface area contributed by atoms with Crippen molar-refractivity contribution in [2.45, 2.75) is 4.90 Å². The maximum absolute atomic E-state index is 12.4. The van der Waals surface area contributed by atoms with E-state index in [1.807, 2.05) is 0 Å². The van der Waals surface area contributed by atoms with Crippen LogP contribution in [0.4, 0.5) is 5.69 Å². The number of halogens is 1. The summed E-state index contributed by atoms with van der Waals surface area (Å²) in [4.78, 5) is 10.1. The van der Waals surface area contributed by atoms with E-state index >= 15 is 0 Å². The summed E-state index contributed by atoms with van der Waals surface area (Å²) < 4.78 is 26.5. The van der Waals surface area contributed by atoms with Gasteiger partial charge in [0.05, 0.1) is 4.92 Å². The zero-order valence-electron chi connectivity index (χ0n) is 9.87. The average molecular weight is 350 g/mol. The van der Waals surface area contributed by atoms with Crippen molar-refractivity contribution in [2.75, 3.05) is 26.2 Å². The van der Waals surface area contributed by atoms with E-state index in [9.17, 15) is 18.5 Å². The summed E-state index contributed by atoms with van der Waals surface area (Å²) in [5, 5.41) is 14.0. The Bertz CT molecular complexity index is 599. The molecule has 1 heterocycles. The molecule has 0 unspecified atom stereocenters. The molecule has 0 aromatic heterocycles. The quantitative estimate of drug-likeness (QED) is 0.647. The minimum atomic E-state index is -3.82. The first-order chi connectivity index (χ1) is 8.93. The molecule has 0 aliphatic carbocycles. The Morgan fingerprint density at radius 1 is 1.32 bits per heavy atom. The van der Waals surface area contributed by atoms with E-state index in [4.69, 9.17) is 0 Å². The van der Waals surface area contributed by atoms with Crippen LogP contribution >= 0.6 is 15.9 Å². The van der Waals surface area contributed by atoms with Crippen molar-refractivity contribution in [2.24, 2.45) is 0 Å². The van der Waals surface area contributed by atoms with Crippen LogP contribution < -0.4 is 5.32 Å². The van der Waals surface area contributed by atoms with Gasteiger partial charge in [0.15, 0.2) is 4.90 Å². The number of nitrogens with zero attached hydrogens (tertiary/aromatic N) is 2. The van der Waals surface area contributed by atoms with Crippen LogP contribution in [-0.4, -0.2) is 43.8 Å². The van der Waals surface area contributed by atoms with Gasteiger partial charge in [-0.25, -0.2) is 8.42 Å².